The summed E-state index contributed by atoms with van der Waals surface area (Å²) in [6, 6.07) is 12.3. The number of thiophene rings is 1. The lowest BCUT2D eigenvalue weighted by Crippen LogP contribution is -2.29. The van der Waals surface area contributed by atoms with Crippen molar-refractivity contribution in [1.82, 2.24) is 19.9 Å². The maximum absolute atomic E-state index is 12.8. The van der Waals surface area contributed by atoms with Crippen LogP contribution in [0.5, 0.6) is 0 Å². The molecule has 132 valence electrons. The Morgan fingerprint density at radius 3 is 2.69 bits per heavy atom. The number of benzene rings is 1. The van der Waals surface area contributed by atoms with E-state index >= 15 is 0 Å². The molecule has 1 amide bonds. The summed E-state index contributed by atoms with van der Waals surface area (Å²) < 4.78 is 1.96. The summed E-state index contributed by atoms with van der Waals surface area (Å²) in [4.78, 5) is 16.0. The van der Waals surface area contributed by atoms with Crippen molar-refractivity contribution in [2.24, 2.45) is 0 Å². The van der Waals surface area contributed by atoms with Crippen LogP contribution in [0, 0.1) is 0 Å². The fourth-order valence-electron chi connectivity index (χ4n) is 3.58. The number of nitrogens with zero attached hydrogens (tertiary/aromatic N) is 4. The Morgan fingerprint density at radius 2 is 1.96 bits per heavy atom. The summed E-state index contributed by atoms with van der Waals surface area (Å²) >= 11 is 1.71. The summed E-state index contributed by atoms with van der Waals surface area (Å²) in [5.41, 5.74) is 3.02. The van der Waals surface area contributed by atoms with Crippen molar-refractivity contribution in [3.05, 3.63) is 59.2 Å². The molecule has 0 radical (unpaired) electrons. The van der Waals surface area contributed by atoms with Gasteiger partial charge in [-0.2, -0.15) is 0 Å². The molecule has 5 rings (SSSR count). The number of aromatic nitrogens is 3. The lowest BCUT2D eigenvalue weighted by Gasteiger charge is -2.16. The SMILES string of the molecule is O=C(c1ccc(-c2cccs2)cc1)N1CCC(n2cc(C3CC3)nn2)C1. The maximum Gasteiger partial charge on any atom is 0.253 e. The summed E-state index contributed by atoms with van der Waals surface area (Å²) in [5, 5.41) is 10.7. The number of hydrogen-bond acceptors (Lipinski definition) is 4. The third kappa shape index (κ3) is 2.94. The molecule has 1 atom stereocenters. The first kappa shape index (κ1) is 15.8. The van der Waals surface area contributed by atoms with Crippen molar-refractivity contribution in [3.63, 3.8) is 0 Å². The Hall–Kier alpha value is -2.47. The molecule has 1 saturated heterocycles. The minimum Gasteiger partial charge on any atom is -0.336 e. The van der Waals surface area contributed by atoms with Gasteiger partial charge in [0.25, 0.3) is 5.91 Å². The van der Waals surface area contributed by atoms with E-state index in [0.29, 0.717) is 12.5 Å². The maximum atomic E-state index is 12.8. The molecule has 1 aromatic carbocycles. The van der Waals surface area contributed by atoms with E-state index in [2.05, 4.69) is 28.0 Å². The number of likely N-dealkylation sites (tertiary alicyclic amines) is 1. The Kier molecular flexibility index (Phi) is 3.85. The van der Waals surface area contributed by atoms with E-state index < -0.39 is 0 Å². The van der Waals surface area contributed by atoms with Gasteiger partial charge in [-0.1, -0.05) is 23.4 Å². The molecule has 1 aliphatic carbocycles. The van der Waals surface area contributed by atoms with E-state index in [1.165, 1.54) is 17.7 Å². The molecule has 0 bridgehead atoms. The van der Waals surface area contributed by atoms with Gasteiger partial charge in [0.2, 0.25) is 0 Å². The lowest BCUT2D eigenvalue weighted by molar-refractivity contribution is 0.0787. The molecule has 3 aromatic rings. The van der Waals surface area contributed by atoms with Gasteiger partial charge in [-0.25, -0.2) is 4.68 Å². The van der Waals surface area contributed by atoms with Gasteiger partial charge in [0.1, 0.15) is 0 Å². The average Bonchev–Trinajstić information content (AvgIpc) is 3.14. The molecule has 3 heterocycles. The minimum absolute atomic E-state index is 0.104. The quantitative estimate of drug-likeness (QED) is 0.704. The number of carbonyl (C=O) groups is 1. The van der Waals surface area contributed by atoms with E-state index in [0.717, 1.165) is 29.8 Å². The third-order valence-electron chi connectivity index (χ3n) is 5.29. The fourth-order valence-corrected chi connectivity index (χ4v) is 4.31. The van der Waals surface area contributed by atoms with Gasteiger partial charge in [0.05, 0.1) is 11.7 Å². The van der Waals surface area contributed by atoms with Gasteiger partial charge in [-0.05, 0) is 48.4 Å². The minimum atomic E-state index is 0.104. The Balaban J connectivity index is 1.27. The largest absolute Gasteiger partial charge is 0.336 e. The Bertz CT molecular complexity index is 912. The predicted octanol–water partition coefficient (Wildman–Crippen LogP) is 3.97. The van der Waals surface area contributed by atoms with Gasteiger partial charge in [0, 0.05) is 35.6 Å². The second-order valence-corrected chi connectivity index (χ2v) is 8.09. The number of amides is 1. The van der Waals surface area contributed by atoms with E-state index in [4.69, 9.17) is 0 Å². The topological polar surface area (TPSA) is 51.0 Å². The number of rotatable bonds is 4. The molecular formula is C20H20N4OS. The lowest BCUT2D eigenvalue weighted by atomic mass is 10.1. The average molecular weight is 364 g/mol. The summed E-state index contributed by atoms with van der Waals surface area (Å²) in [6.45, 7) is 1.48. The molecule has 0 N–H and O–H groups in total. The first-order chi connectivity index (χ1) is 12.8. The summed E-state index contributed by atoms with van der Waals surface area (Å²) in [6.07, 6.45) is 5.48. The monoisotopic (exact) mass is 364 g/mol. The smallest absolute Gasteiger partial charge is 0.253 e. The van der Waals surface area contributed by atoms with Crippen LogP contribution in [-0.2, 0) is 0 Å². The van der Waals surface area contributed by atoms with Crippen molar-refractivity contribution in [2.45, 2.75) is 31.2 Å². The molecule has 6 heteroatoms. The van der Waals surface area contributed by atoms with E-state index in [-0.39, 0.29) is 11.9 Å². The molecule has 2 fully saturated rings. The number of hydrogen-bond donors (Lipinski definition) is 0. The van der Waals surface area contributed by atoms with Crippen LogP contribution >= 0.6 is 11.3 Å². The molecule has 2 aromatic heterocycles. The van der Waals surface area contributed by atoms with Crippen LogP contribution in [0.3, 0.4) is 0 Å². The third-order valence-corrected chi connectivity index (χ3v) is 6.20. The van der Waals surface area contributed by atoms with E-state index in [1.54, 1.807) is 11.3 Å². The highest BCUT2D eigenvalue weighted by molar-refractivity contribution is 7.13. The van der Waals surface area contributed by atoms with E-state index in [9.17, 15) is 4.79 Å². The zero-order chi connectivity index (χ0) is 17.5. The molecular weight excluding hydrogens is 344 g/mol. The van der Waals surface area contributed by atoms with Gasteiger partial charge >= 0.3 is 0 Å². The normalized spacial score (nSPS) is 19.8. The molecule has 2 aliphatic rings. The molecule has 1 saturated carbocycles. The van der Waals surface area contributed by atoms with Crippen LogP contribution < -0.4 is 0 Å². The van der Waals surface area contributed by atoms with Crippen LogP contribution in [0.4, 0.5) is 0 Å². The van der Waals surface area contributed by atoms with Crippen molar-refractivity contribution in [3.8, 4) is 10.4 Å². The zero-order valence-electron chi connectivity index (χ0n) is 14.4. The summed E-state index contributed by atoms with van der Waals surface area (Å²) in [5.74, 6) is 0.720. The van der Waals surface area contributed by atoms with Crippen molar-refractivity contribution < 1.29 is 4.79 Å². The predicted molar refractivity (Wildman–Crippen MR) is 101 cm³/mol. The van der Waals surface area contributed by atoms with Crippen LogP contribution in [0.1, 0.15) is 47.3 Å². The Labute approximate surface area is 156 Å². The van der Waals surface area contributed by atoms with Gasteiger partial charge in [-0.15, -0.1) is 16.4 Å². The molecule has 5 nitrogen and oxygen atoms in total. The van der Waals surface area contributed by atoms with Crippen molar-refractivity contribution in [2.75, 3.05) is 13.1 Å². The first-order valence-corrected chi connectivity index (χ1v) is 10.0. The molecule has 1 aliphatic heterocycles. The number of carbonyl (C=O) groups excluding carboxylic acids is 1. The second-order valence-electron chi connectivity index (χ2n) is 7.15. The van der Waals surface area contributed by atoms with Gasteiger partial charge in [-0.3, -0.25) is 4.79 Å². The van der Waals surface area contributed by atoms with Gasteiger partial charge < -0.3 is 4.90 Å². The molecule has 0 spiro atoms. The highest BCUT2D eigenvalue weighted by Gasteiger charge is 2.31. The van der Waals surface area contributed by atoms with Crippen molar-refractivity contribution in [1.29, 1.82) is 0 Å². The first-order valence-electron chi connectivity index (χ1n) is 9.13. The highest BCUT2D eigenvalue weighted by atomic mass is 32.1. The van der Waals surface area contributed by atoms with Crippen LogP contribution in [0.15, 0.2) is 48.0 Å². The summed E-state index contributed by atoms with van der Waals surface area (Å²) in [7, 11) is 0. The second kappa shape index (κ2) is 6.36. The fraction of sp³-hybridized carbons (Fsp3) is 0.350. The van der Waals surface area contributed by atoms with Crippen molar-refractivity contribution >= 4 is 17.2 Å². The van der Waals surface area contributed by atoms with Crippen LogP contribution in [-0.4, -0.2) is 38.9 Å². The Morgan fingerprint density at radius 1 is 1.12 bits per heavy atom. The van der Waals surface area contributed by atoms with Crippen LogP contribution in [0.2, 0.25) is 0 Å². The van der Waals surface area contributed by atoms with E-state index in [1.807, 2.05) is 39.9 Å². The molecule has 1 unspecified atom stereocenters. The van der Waals surface area contributed by atoms with Crippen LogP contribution in [0.25, 0.3) is 10.4 Å². The highest BCUT2D eigenvalue weighted by Crippen LogP contribution is 2.39. The van der Waals surface area contributed by atoms with Gasteiger partial charge in [0.15, 0.2) is 0 Å². The standard InChI is InChI=1S/C20H20N4OS/c25-20(16-7-5-15(6-8-16)19-2-1-11-26-19)23-10-9-17(12-23)24-13-18(21-22-24)14-3-4-14/h1-2,5-8,11,13-14,17H,3-4,9-10,12H2. The zero-order valence-corrected chi connectivity index (χ0v) is 15.2. The molecule has 26 heavy (non-hydrogen) atoms.